The van der Waals surface area contributed by atoms with Gasteiger partial charge in [-0.05, 0) is 37.0 Å². The quantitative estimate of drug-likeness (QED) is 0.818. The summed E-state index contributed by atoms with van der Waals surface area (Å²) in [5.41, 5.74) is 7.17. The highest BCUT2D eigenvalue weighted by molar-refractivity contribution is 6.21. The summed E-state index contributed by atoms with van der Waals surface area (Å²) in [6.07, 6.45) is 2.78. The van der Waals surface area contributed by atoms with Gasteiger partial charge in [0.2, 0.25) is 0 Å². The van der Waals surface area contributed by atoms with E-state index in [1.807, 2.05) is 12.1 Å². The van der Waals surface area contributed by atoms with Gasteiger partial charge in [0, 0.05) is 13.1 Å². The normalized spacial score (nSPS) is 22.9. The molecule has 2 fully saturated rings. The van der Waals surface area contributed by atoms with Crippen LogP contribution in [0, 0.1) is 0 Å². The Hall–Kier alpha value is -1.88. The average molecular weight is 259 g/mol. The van der Waals surface area contributed by atoms with E-state index in [1.165, 1.54) is 4.90 Å². The van der Waals surface area contributed by atoms with Crippen molar-refractivity contribution in [1.82, 2.24) is 4.90 Å². The van der Waals surface area contributed by atoms with Crippen LogP contribution in [-0.4, -0.2) is 29.4 Å². The number of imide groups is 1. The zero-order valence-electron chi connectivity index (χ0n) is 10.7. The molecule has 0 radical (unpaired) electrons. The largest absolute Gasteiger partial charge is 0.332 e. The van der Waals surface area contributed by atoms with Gasteiger partial charge in [-0.1, -0.05) is 12.1 Å². The van der Waals surface area contributed by atoms with E-state index in [0.717, 1.165) is 24.8 Å². The lowest BCUT2D eigenvalue weighted by Crippen LogP contribution is -2.39. The van der Waals surface area contributed by atoms with Crippen LogP contribution < -0.4 is 10.6 Å². The summed E-state index contributed by atoms with van der Waals surface area (Å²) in [7, 11) is 0. The van der Waals surface area contributed by atoms with Crippen molar-refractivity contribution in [2.45, 2.75) is 31.8 Å². The molecule has 1 unspecified atom stereocenters. The summed E-state index contributed by atoms with van der Waals surface area (Å²) in [5, 5.41) is 0. The van der Waals surface area contributed by atoms with E-state index in [2.05, 4.69) is 0 Å². The number of benzene rings is 1. The Kier molecular flexibility index (Phi) is 2.98. The van der Waals surface area contributed by atoms with Crippen LogP contribution in [0.25, 0.3) is 0 Å². The summed E-state index contributed by atoms with van der Waals surface area (Å²) in [5.74, 6) is -0.0924. The molecule has 0 saturated carbocycles. The smallest absolute Gasteiger partial charge is 0.326 e. The van der Waals surface area contributed by atoms with Crippen molar-refractivity contribution in [2.75, 3.05) is 11.4 Å². The number of carbonyl (C=O) groups excluding carboxylic acids is 2. The molecule has 0 aromatic heterocycles. The number of anilines is 1. The third kappa shape index (κ3) is 1.90. The van der Waals surface area contributed by atoms with Gasteiger partial charge >= 0.3 is 6.03 Å². The number of urea groups is 1. The zero-order chi connectivity index (χ0) is 13.4. The lowest BCUT2D eigenvalue weighted by molar-refractivity contribution is -0.120. The number of amides is 3. The summed E-state index contributed by atoms with van der Waals surface area (Å²) < 4.78 is 0. The third-order valence-corrected chi connectivity index (χ3v) is 3.88. The van der Waals surface area contributed by atoms with Crippen molar-refractivity contribution in [3.8, 4) is 0 Å². The number of nitrogens with two attached hydrogens (primary N) is 1. The van der Waals surface area contributed by atoms with Crippen molar-refractivity contribution < 1.29 is 9.59 Å². The minimum absolute atomic E-state index is 0.0924. The number of hydrogen-bond donors (Lipinski definition) is 1. The van der Waals surface area contributed by atoms with E-state index in [-0.39, 0.29) is 18.0 Å². The van der Waals surface area contributed by atoms with Gasteiger partial charge in [-0.25, -0.2) is 9.69 Å². The number of nitrogens with zero attached hydrogens (tertiary/aromatic N) is 2. The molecule has 5 heteroatoms. The molecule has 0 bridgehead atoms. The van der Waals surface area contributed by atoms with E-state index in [9.17, 15) is 9.59 Å². The number of carbonyl (C=O) groups is 2. The fourth-order valence-electron chi connectivity index (χ4n) is 2.81. The van der Waals surface area contributed by atoms with E-state index >= 15 is 0 Å². The van der Waals surface area contributed by atoms with Gasteiger partial charge in [0.15, 0.2) is 0 Å². The lowest BCUT2D eigenvalue weighted by Gasteiger charge is -2.25. The van der Waals surface area contributed by atoms with Crippen molar-refractivity contribution in [3.05, 3.63) is 29.8 Å². The third-order valence-electron chi connectivity index (χ3n) is 3.88. The Labute approximate surface area is 112 Å². The molecule has 3 amide bonds. The van der Waals surface area contributed by atoms with Crippen LogP contribution in [0.1, 0.15) is 24.8 Å². The highest BCUT2D eigenvalue weighted by Crippen LogP contribution is 2.30. The van der Waals surface area contributed by atoms with Gasteiger partial charge in [-0.2, -0.15) is 0 Å². The Bertz CT molecular complexity index is 488. The standard InChI is InChI=1S/C14H17N3O2/c15-9-10-4-6-11(7-5-10)17-13(18)12-3-1-2-8-16(12)14(17)19/h4-7,12H,1-3,8-9,15H2. The minimum Gasteiger partial charge on any atom is -0.326 e. The Morgan fingerprint density at radius 3 is 2.53 bits per heavy atom. The Balaban J connectivity index is 1.91. The predicted octanol–water partition coefficient (Wildman–Crippen LogP) is 1.47. The molecule has 5 nitrogen and oxygen atoms in total. The molecule has 2 heterocycles. The number of fused-ring (bicyclic) bond motifs is 1. The minimum atomic E-state index is -0.254. The van der Waals surface area contributed by atoms with Gasteiger partial charge in [0.05, 0.1) is 5.69 Å². The van der Waals surface area contributed by atoms with Crippen LogP contribution in [-0.2, 0) is 11.3 Å². The molecule has 2 aliphatic rings. The molecular formula is C14H17N3O2. The zero-order valence-corrected chi connectivity index (χ0v) is 10.7. The number of piperidine rings is 1. The van der Waals surface area contributed by atoms with Gasteiger partial charge in [-0.15, -0.1) is 0 Å². The second-order valence-corrected chi connectivity index (χ2v) is 5.03. The van der Waals surface area contributed by atoms with Gasteiger partial charge in [0.1, 0.15) is 6.04 Å². The van der Waals surface area contributed by atoms with Crippen molar-refractivity contribution in [3.63, 3.8) is 0 Å². The fraction of sp³-hybridized carbons (Fsp3) is 0.429. The molecular weight excluding hydrogens is 242 g/mol. The van der Waals surface area contributed by atoms with Crippen LogP contribution in [0.15, 0.2) is 24.3 Å². The van der Waals surface area contributed by atoms with Crippen molar-refractivity contribution in [1.29, 1.82) is 0 Å². The van der Waals surface area contributed by atoms with E-state index in [4.69, 9.17) is 5.73 Å². The van der Waals surface area contributed by atoms with E-state index in [1.54, 1.807) is 17.0 Å². The number of hydrogen-bond acceptors (Lipinski definition) is 3. The van der Waals surface area contributed by atoms with Crippen LogP contribution in [0.5, 0.6) is 0 Å². The molecule has 1 aromatic rings. The first-order valence-electron chi connectivity index (χ1n) is 6.66. The molecule has 2 aliphatic heterocycles. The topological polar surface area (TPSA) is 66.6 Å². The van der Waals surface area contributed by atoms with E-state index < -0.39 is 0 Å². The molecule has 2 N–H and O–H groups in total. The second kappa shape index (κ2) is 4.66. The molecule has 1 atom stereocenters. The maximum absolute atomic E-state index is 12.3. The van der Waals surface area contributed by atoms with Crippen LogP contribution in [0.3, 0.4) is 0 Å². The fourth-order valence-corrected chi connectivity index (χ4v) is 2.81. The Morgan fingerprint density at radius 2 is 1.89 bits per heavy atom. The number of rotatable bonds is 2. The molecule has 2 saturated heterocycles. The highest BCUT2D eigenvalue weighted by atomic mass is 16.2. The molecule has 0 aliphatic carbocycles. The van der Waals surface area contributed by atoms with Crippen LogP contribution in [0.2, 0.25) is 0 Å². The van der Waals surface area contributed by atoms with E-state index in [0.29, 0.717) is 18.8 Å². The maximum atomic E-state index is 12.3. The summed E-state index contributed by atoms with van der Waals surface area (Å²) in [6.45, 7) is 1.14. The first-order chi connectivity index (χ1) is 9.22. The Morgan fingerprint density at radius 1 is 1.16 bits per heavy atom. The molecule has 19 heavy (non-hydrogen) atoms. The monoisotopic (exact) mass is 259 g/mol. The highest BCUT2D eigenvalue weighted by Gasteiger charge is 2.46. The molecule has 0 spiro atoms. The van der Waals surface area contributed by atoms with Gasteiger partial charge in [-0.3, -0.25) is 4.79 Å². The lowest BCUT2D eigenvalue weighted by atomic mass is 10.0. The second-order valence-electron chi connectivity index (χ2n) is 5.03. The first-order valence-corrected chi connectivity index (χ1v) is 6.66. The summed E-state index contributed by atoms with van der Waals surface area (Å²) >= 11 is 0. The SMILES string of the molecule is NCc1ccc(N2C(=O)C3CCCCN3C2=O)cc1. The maximum Gasteiger partial charge on any atom is 0.332 e. The van der Waals surface area contributed by atoms with Crippen LogP contribution >= 0.6 is 0 Å². The predicted molar refractivity (Wildman–Crippen MR) is 71.6 cm³/mol. The molecule has 100 valence electrons. The van der Waals surface area contributed by atoms with Crippen LogP contribution in [0.4, 0.5) is 10.5 Å². The van der Waals surface area contributed by atoms with Crippen molar-refractivity contribution >= 4 is 17.6 Å². The summed E-state index contributed by atoms with van der Waals surface area (Å²) in [6, 6.07) is 6.85. The molecule has 3 rings (SSSR count). The van der Waals surface area contributed by atoms with Gasteiger partial charge < -0.3 is 10.6 Å². The van der Waals surface area contributed by atoms with Crippen molar-refractivity contribution in [2.24, 2.45) is 5.73 Å². The van der Waals surface area contributed by atoms with Gasteiger partial charge in [0.25, 0.3) is 5.91 Å². The average Bonchev–Trinajstić information content (AvgIpc) is 2.72. The first kappa shape index (κ1) is 12.2. The summed E-state index contributed by atoms with van der Waals surface area (Å²) in [4.78, 5) is 27.7. The molecule has 1 aromatic carbocycles.